The summed E-state index contributed by atoms with van der Waals surface area (Å²) >= 11 is 0. The summed E-state index contributed by atoms with van der Waals surface area (Å²) in [5.74, 6) is -0.855. The summed E-state index contributed by atoms with van der Waals surface area (Å²) in [6.07, 6.45) is -0.267. The Morgan fingerprint density at radius 1 is 0.913 bits per heavy atom. The molecule has 0 atom stereocenters. The number of carbonyl (C=O) groups excluding carboxylic acids is 3. The molecule has 2 N–H and O–H groups in total. The van der Waals surface area contributed by atoms with Gasteiger partial charge in [0.25, 0.3) is 0 Å². The van der Waals surface area contributed by atoms with Crippen molar-refractivity contribution >= 4 is 23.3 Å². The first kappa shape index (κ1) is 16.4. The number of benzene rings is 2. The van der Waals surface area contributed by atoms with Crippen LogP contribution >= 0.6 is 0 Å². The van der Waals surface area contributed by atoms with Gasteiger partial charge in [-0.25, -0.2) is 0 Å². The molecule has 0 fully saturated rings. The molecule has 2 amide bonds. The minimum Gasteiger partial charge on any atom is -0.352 e. The second-order valence-electron chi connectivity index (χ2n) is 5.12. The molecular formula is C18H18N2O3. The highest BCUT2D eigenvalue weighted by molar-refractivity contribution is 6.04. The molecule has 2 aromatic carbocycles. The van der Waals surface area contributed by atoms with Crippen molar-refractivity contribution in [2.75, 3.05) is 5.32 Å². The minimum atomic E-state index is -0.420. The molecule has 118 valence electrons. The van der Waals surface area contributed by atoms with E-state index in [-0.39, 0.29) is 18.1 Å². The van der Waals surface area contributed by atoms with Gasteiger partial charge in [-0.15, -0.1) is 0 Å². The smallest absolute Gasteiger partial charge is 0.233 e. The zero-order chi connectivity index (χ0) is 16.7. The van der Waals surface area contributed by atoms with Crippen molar-refractivity contribution in [1.82, 2.24) is 5.32 Å². The van der Waals surface area contributed by atoms with Crippen molar-refractivity contribution in [1.29, 1.82) is 0 Å². The predicted octanol–water partition coefficient (Wildman–Crippen LogP) is 2.53. The van der Waals surface area contributed by atoms with Crippen molar-refractivity contribution in [3.8, 4) is 0 Å². The molecule has 0 spiro atoms. The maximum absolute atomic E-state index is 11.9. The number of rotatable bonds is 6. The highest BCUT2D eigenvalue weighted by atomic mass is 16.2. The average Bonchev–Trinajstić information content (AvgIpc) is 2.54. The lowest BCUT2D eigenvalue weighted by Crippen LogP contribution is -2.27. The second-order valence-corrected chi connectivity index (χ2v) is 5.12. The Morgan fingerprint density at radius 3 is 2.35 bits per heavy atom. The molecule has 0 saturated carbocycles. The van der Waals surface area contributed by atoms with E-state index in [1.807, 2.05) is 30.3 Å². The molecule has 0 bridgehead atoms. The van der Waals surface area contributed by atoms with Gasteiger partial charge in [0.05, 0.1) is 0 Å². The lowest BCUT2D eigenvalue weighted by molar-refractivity contribution is -0.126. The van der Waals surface area contributed by atoms with E-state index in [1.165, 1.54) is 6.92 Å². The van der Waals surface area contributed by atoms with Gasteiger partial charge in [-0.3, -0.25) is 14.4 Å². The summed E-state index contributed by atoms with van der Waals surface area (Å²) in [4.78, 5) is 34.9. The topological polar surface area (TPSA) is 75.3 Å². The van der Waals surface area contributed by atoms with Crippen molar-refractivity contribution in [3.63, 3.8) is 0 Å². The summed E-state index contributed by atoms with van der Waals surface area (Å²) in [6.45, 7) is 1.84. The van der Waals surface area contributed by atoms with Crippen LogP contribution in [0.4, 0.5) is 5.69 Å². The van der Waals surface area contributed by atoms with E-state index in [4.69, 9.17) is 0 Å². The Morgan fingerprint density at radius 2 is 1.65 bits per heavy atom. The third kappa shape index (κ3) is 5.39. The Hall–Kier alpha value is -2.95. The van der Waals surface area contributed by atoms with Crippen LogP contribution in [0.25, 0.3) is 0 Å². The zero-order valence-corrected chi connectivity index (χ0v) is 12.8. The van der Waals surface area contributed by atoms with E-state index < -0.39 is 5.91 Å². The van der Waals surface area contributed by atoms with Crippen molar-refractivity contribution in [2.24, 2.45) is 0 Å². The van der Waals surface area contributed by atoms with Gasteiger partial charge in [0.2, 0.25) is 11.8 Å². The SMILES string of the molecule is CC(=O)c1cccc(NC(=O)CC(=O)NCc2ccccc2)c1. The highest BCUT2D eigenvalue weighted by Gasteiger charge is 2.10. The Bertz CT molecular complexity index is 711. The number of nitrogens with one attached hydrogen (secondary N) is 2. The fourth-order valence-corrected chi connectivity index (χ4v) is 2.03. The van der Waals surface area contributed by atoms with Crippen LogP contribution in [-0.4, -0.2) is 17.6 Å². The first-order valence-corrected chi connectivity index (χ1v) is 7.26. The predicted molar refractivity (Wildman–Crippen MR) is 88.0 cm³/mol. The van der Waals surface area contributed by atoms with Gasteiger partial charge in [-0.1, -0.05) is 42.5 Å². The first-order valence-electron chi connectivity index (χ1n) is 7.26. The molecule has 5 nitrogen and oxygen atoms in total. The lowest BCUT2D eigenvalue weighted by atomic mass is 10.1. The lowest BCUT2D eigenvalue weighted by Gasteiger charge is -2.07. The normalized spacial score (nSPS) is 9.96. The Labute approximate surface area is 134 Å². The van der Waals surface area contributed by atoms with Crippen molar-refractivity contribution < 1.29 is 14.4 Å². The van der Waals surface area contributed by atoms with E-state index in [9.17, 15) is 14.4 Å². The van der Waals surface area contributed by atoms with Crippen molar-refractivity contribution in [3.05, 3.63) is 65.7 Å². The van der Waals surface area contributed by atoms with Gasteiger partial charge in [0.15, 0.2) is 5.78 Å². The maximum Gasteiger partial charge on any atom is 0.233 e. The van der Waals surface area contributed by atoms with E-state index in [0.717, 1.165) is 5.56 Å². The Balaban J connectivity index is 1.83. The molecule has 2 rings (SSSR count). The number of carbonyl (C=O) groups is 3. The molecule has 0 unspecified atom stereocenters. The molecule has 23 heavy (non-hydrogen) atoms. The van der Waals surface area contributed by atoms with Gasteiger partial charge in [0, 0.05) is 17.8 Å². The fourth-order valence-electron chi connectivity index (χ4n) is 2.03. The van der Waals surface area contributed by atoms with Gasteiger partial charge < -0.3 is 10.6 Å². The molecule has 0 aliphatic carbocycles. The molecule has 0 heterocycles. The van der Waals surface area contributed by atoms with Crippen LogP contribution in [0.3, 0.4) is 0 Å². The number of ketones is 1. The highest BCUT2D eigenvalue weighted by Crippen LogP contribution is 2.11. The molecule has 0 aromatic heterocycles. The number of hydrogen-bond acceptors (Lipinski definition) is 3. The van der Waals surface area contributed by atoms with Gasteiger partial charge in [-0.2, -0.15) is 0 Å². The van der Waals surface area contributed by atoms with Crippen molar-refractivity contribution in [2.45, 2.75) is 19.9 Å². The summed E-state index contributed by atoms with van der Waals surface area (Å²) in [5.41, 5.74) is 1.98. The molecule has 0 aliphatic heterocycles. The number of Topliss-reactive ketones (excluding diaryl/α,β-unsaturated/α-hetero) is 1. The van der Waals surface area contributed by atoms with Crippen LogP contribution in [0.15, 0.2) is 54.6 Å². The van der Waals surface area contributed by atoms with Gasteiger partial charge >= 0.3 is 0 Å². The molecule has 0 aliphatic rings. The van der Waals surface area contributed by atoms with Crippen LogP contribution in [0.2, 0.25) is 0 Å². The van der Waals surface area contributed by atoms with Gasteiger partial charge in [0.1, 0.15) is 6.42 Å². The molecular weight excluding hydrogens is 292 g/mol. The van der Waals surface area contributed by atoms with Crippen LogP contribution in [-0.2, 0) is 16.1 Å². The van der Waals surface area contributed by atoms with Gasteiger partial charge in [-0.05, 0) is 24.6 Å². The summed E-state index contributed by atoms with van der Waals surface area (Å²) in [6, 6.07) is 16.1. The van der Waals surface area contributed by atoms with Crippen LogP contribution in [0, 0.1) is 0 Å². The largest absolute Gasteiger partial charge is 0.352 e. The number of amides is 2. The number of hydrogen-bond donors (Lipinski definition) is 2. The van der Waals surface area contributed by atoms with E-state index >= 15 is 0 Å². The maximum atomic E-state index is 11.9. The molecule has 0 saturated heterocycles. The molecule has 0 radical (unpaired) electrons. The van der Waals surface area contributed by atoms with Crippen LogP contribution in [0.1, 0.15) is 29.3 Å². The third-order valence-electron chi connectivity index (χ3n) is 3.21. The summed E-state index contributed by atoms with van der Waals surface area (Å²) < 4.78 is 0. The van der Waals surface area contributed by atoms with E-state index in [0.29, 0.717) is 17.8 Å². The Kier molecular flexibility index (Phi) is 5.63. The molecule has 5 heteroatoms. The first-order chi connectivity index (χ1) is 11.0. The standard InChI is InChI=1S/C18H18N2O3/c1-13(21)15-8-5-9-16(10-15)20-18(23)11-17(22)19-12-14-6-3-2-4-7-14/h2-10H,11-12H2,1H3,(H,19,22)(H,20,23). The van der Waals surface area contributed by atoms with Crippen LogP contribution in [0.5, 0.6) is 0 Å². The van der Waals surface area contributed by atoms with Crippen LogP contribution < -0.4 is 10.6 Å². The average molecular weight is 310 g/mol. The zero-order valence-electron chi connectivity index (χ0n) is 12.8. The third-order valence-corrected chi connectivity index (χ3v) is 3.21. The minimum absolute atomic E-state index is 0.0818. The van der Waals surface area contributed by atoms with E-state index in [2.05, 4.69) is 10.6 Å². The fraction of sp³-hybridized carbons (Fsp3) is 0.167. The monoisotopic (exact) mass is 310 g/mol. The summed E-state index contributed by atoms with van der Waals surface area (Å²) in [7, 11) is 0. The number of anilines is 1. The second kappa shape index (κ2) is 7.89. The quantitative estimate of drug-likeness (QED) is 0.636. The molecule has 2 aromatic rings. The summed E-state index contributed by atoms with van der Waals surface area (Å²) in [5, 5.41) is 5.31. The van der Waals surface area contributed by atoms with E-state index in [1.54, 1.807) is 24.3 Å².